The number of rotatable bonds is 5. The first kappa shape index (κ1) is 14.4. The summed E-state index contributed by atoms with van der Waals surface area (Å²) in [5, 5.41) is 2.50. The van der Waals surface area contributed by atoms with E-state index in [1.807, 2.05) is 13.8 Å². The zero-order chi connectivity index (χ0) is 13.5. The molecule has 18 heavy (non-hydrogen) atoms. The molecule has 0 bridgehead atoms. The zero-order valence-electron chi connectivity index (χ0n) is 10.7. The minimum Gasteiger partial charge on any atom is -0.449 e. The molecular formula is C13H19FN2O2. The smallest absolute Gasteiger partial charge is 0.407 e. The Labute approximate surface area is 106 Å². The van der Waals surface area contributed by atoms with E-state index in [1.165, 1.54) is 6.07 Å². The van der Waals surface area contributed by atoms with E-state index >= 15 is 0 Å². The first-order valence-electron chi connectivity index (χ1n) is 5.91. The minimum absolute atomic E-state index is 0.105. The number of halogens is 1. The fraction of sp³-hybridized carbons (Fsp3) is 0.462. The molecule has 5 heteroatoms. The maximum atomic E-state index is 13.6. The van der Waals surface area contributed by atoms with Crippen LogP contribution in [0.5, 0.6) is 0 Å². The fourth-order valence-corrected chi connectivity index (χ4v) is 1.32. The second-order valence-electron chi connectivity index (χ2n) is 4.48. The molecule has 1 amide bonds. The number of ether oxygens (including phenoxy) is 1. The minimum atomic E-state index is -0.536. The Morgan fingerprint density at radius 3 is 2.78 bits per heavy atom. The topological polar surface area (TPSA) is 64.3 Å². The second-order valence-corrected chi connectivity index (χ2v) is 4.48. The molecule has 1 rings (SSSR count). The Bertz CT molecular complexity index is 408. The van der Waals surface area contributed by atoms with E-state index in [2.05, 4.69) is 5.32 Å². The van der Waals surface area contributed by atoms with Gasteiger partial charge in [0.25, 0.3) is 0 Å². The average Bonchev–Trinajstić information content (AvgIpc) is 2.34. The van der Waals surface area contributed by atoms with E-state index in [4.69, 9.17) is 10.5 Å². The second kappa shape index (κ2) is 6.96. The van der Waals surface area contributed by atoms with E-state index in [0.717, 1.165) is 5.56 Å². The lowest BCUT2D eigenvalue weighted by molar-refractivity contribution is 0.132. The number of hydrogen-bond acceptors (Lipinski definition) is 3. The summed E-state index contributed by atoms with van der Waals surface area (Å²) < 4.78 is 18.5. The molecule has 0 aliphatic carbocycles. The Morgan fingerprint density at radius 2 is 2.22 bits per heavy atom. The molecule has 0 aromatic heterocycles. The van der Waals surface area contributed by atoms with Gasteiger partial charge >= 0.3 is 6.09 Å². The van der Waals surface area contributed by atoms with Crippen molar-refractivity contribution in [1.82, 2.24) is 5.32 Å². The highest BCUT2D eigenvalue weighted by Crippen LogP contribution is 2.10. The average molecular weight is 254 g/mol. The SMILES string of the molecule is CC(C)COC(=O)NCc1ccc(CN)cc1F. The number of hydrogen-bond donors (Lipinski definition) is 2. The molecule has 0 heterocycles. The van der Waals surface area contributed by atoms with Gasteiger partial charge in [-0.3, -0.25) is 0 Å². The maximum absolute atomic E-state index is 13.6. The summed E-state index contributed by atoms with van der Waals surface area (Å²) in [6, 6.07) is 4.72. The van der Waals surface area contributed by atoms with Gasteiger partial charge in [-0.05, 0) is 17.5 Å². The van der Waals surface area contributed by atoms with Crippen LogP contribution in [0.25, 0.3) is 0 Å². The van der Waals surface area contributed by atoms with Gasteiger partial charge in [0.05, 0.1) is 6.61 Å². The lowest BCUT2D eigenvalue weighted by atomic mass is 10.1. The van der Waals surface area contributed by atoms with Gasteiger partial charge in [0.1, 0.15) is 5.82 Å². The molecule has 0 atom stereocenters. The van der Waals surface area contributed by atoms with Crippen LogP contribution >= 0.6 is 0 Å². The van der Waals surface area contributed by atoms with Gasteiger partial charge in [-0.25, -0.2) is 9.18 Å². The molecule has 4 nitrogen and oxygen atoms in total. The highest BCUT2D eigenvalue weighted by molar-refractivity contribution is 5.67. The first-order valence-corrected chi connectivity index (χ1v) is 5.91. The predicted octanol–water partition coefficient (Wildman–Crippen LogP) is 2.17. The van der Waals surface area contributed by atoms with Crippen LogP contribution in [0, 0.1) is 11.7 Å². The monoisotopic (exact) mass is 254 g/mol. The number of nitrogens with two attached hydrogens (primary N) is 1. The van der Waals surface area contributed by atoms with Gasteiger partial charge in [-0.1, -0.05) is 26.0 Å². The third-order valence-corrected chi connectivity index (χ3v) is 2.32. The van der Waals surface area contributed by atoms with E-state index in [0.29, 0.717) is 18.7 Å². The zero-order valence-corrected chi connectivity index (χ0v) is 10.7. The summed E-state index contributed by atoms with van der Waals surface area (Å²) in [4.78, 5) is 11.3. The first-order chi connectivity index (χ1) is 8.52. The third kappa shape index (κ3) is 4.71. The molecule has 3 N–H and O–H groups in total. The molecule has 0 fully saturated rings. The molecule has 0 spiro atoms. The molecular weight excluding hydrogens is 235 g/mol. The quantitative estimate of drug-likeness (QED) is 0.846. The molecule has 0 aliphatic heterocycles. The van der Waals surface area contributed by atoms with Crippen molar-refractivity contribution in [3.8, 4) is 0 Å². The van der Waals surface area contributed by atoms with Crippen molar-refractivity contribution in [2.75, 3.05) is 6.61 Å². The normalized spacial score (nSPS) is 10.5. The lowest BCUT2D eigenvalue weighted by Crippen LogP contribution is -2.25. The van der Waals surface area contributed by atoms with Crippen LogP contribution in [-0.2, 0) is 17.8 Å². The molecule has 1 aromatic carbocycles. The number of benzene rings is 1. The van der Waals surface area contributed by atoms with E-state index < -0.39 is 6.09 Å². The number of carbonyl (C=O) groups is 1. The van der Waals surface area contributed by atoms with Crippen molar-refractivity contribution in [1.29, 1.82) is 0 Å². The van der Waals surface area contributed by atoms with Crippen LogP contribution in [0.4, 0.5) is 9.18 Å². The Morgan fingerprint density at radius 1 is 1.50 bits per heavy atom. The molecule has 100 valence electrons. The van der Waals surface area contributed by atoms with Gasteiger partial charge in [0.15, 0.2) is 0 Å². The van der Waals surface area contributed by atoms with Gasteiger partial charge < -0.3 is 15.8 Å². The molecule has 0 aliphatic rings. The summed E-state index contributed by atoms with van der Waals surface area (Å²) in [6.45, 7) is 4.63. The van der Waals surface area contributed by atoms with Crippen molar-refractivity contribution in [3.63, 3.8) is 0 Å². The van der Waals surface area contributed by atoms with Crippen molar-refractivity contribution in [3.05, 3.63) is 35.1 Å². The summed E-state index contributed by atoms with van der Waals surface area (Å²) >= 11 is 0. The van der Waals surface area contributed by atoms with Crippen molar-refractivity contribution < 1.29 is 13.9 Å². The van der Waals surface area contributed by atoms with Gasteiger partial charge in [0.2, 0.25) is 0 Å². The number of amides is 1. The van der Waals surface area contributed by atoms with E-state index in [1.54, 1.807) is 12.1 Å². The van der Waals surface area contributed by atoms with Crippen molar-refractivity contribution in [2.24, 2.45) is 11.7 Å². The number of carbonyl (C=O) groups excluding carboxylic acids is 1. The Hall–Kier alpha value is -1.62. The fourth-order valence-electron chi connectivity index (χ4n) is 1.32. The van der Waals surface area contributed by atoms with Crippen LogP contribution in [0.2, 0.25) is 0 Å². The maximum Gasteiger partial charge on any atom is 0.407 e. The van der Waals surface area contributed by atoms with Crippen LogP contribution < -0.4 is 11.1 Å². The predicted molar refractivity (Wildman–Crippen MR) is 67.3 cm³/mol. The molecule has 0 unspecified atom stereocenters. The lowest BCUT2D eigenvalue weighted by Gasteiger charge is -2.09. The number of alkyl carbamates (subject to hydrolysis) is 1. The molecule has 1 aromatic rings. The van der Waals surface area contributed by atoms with Gasteiger partial charge in [-0.2, -0.15) is 0 Å². The summed E-state index contributed by atoms with van der Waals surface area (Å²) in [7, 11) is 0. The van der Waals surface area contributed by atoms with E-state index in [9.17, 15) is 9.18 Å². The molecule has 0 radical (unpaired) electrons. The Kier molecular flexibility index (Phi) is 5.58. The van der Waals surface area contributed by atoms with Crippen LogP contribution in [0.15, 0.2) is 18.2 Å². The largest absolute Gasteiger partial charge is 0.449 e. The van der Waals surface area contributed by atoms with Gasteiger partial charge in [0, 0.05) is 18.7 Å². The van der Waals surface area contributed by atoms with E-state index in [-0.39, 0.29) is 18.3 Å². The van der Waals surface area contributed by atoms with Crippen LogP contribution in [-0.4, -0.2) is 12.7 Å². The standard InChI is InChI=1S/C13H19FN2O2/c1-9(2)8-18-13(17)16-7-11-4-3-10(6-15)5-12(11)14/h3-5,9H,6-8,15H2,1-2H3,(H,16,17). The third-order valence-electron chi connectivity index (χ3n) is 2.32. The Balaban J connectivity index is 2.46. The highest BCUT2D eigenvalue weighted by Gasteiger charge is 2.07. The summed E-state index contributed by atoms with van der Waals surface area (Å²) in [5.74, 6) is -0.0987. The highest BCUT2D eigenvalue weighted by atomic mass is 19.1. The summed E-state index contributed by atoms with van der Waals surface area (Å²) in [5.41, 5.74) is 6.53. The molecule has 0 saturated carbocycles. The molecule has 0 saturated heterocycles. The van der Waals surface area contributed by atoms with Crippen molar-refractivity contribution in [2.45, 2.75) is 26.9 Å². The van der Waals surface area contributed by atoms with Crippen LogP contribution in [0.3, 0.4) is 0 Å². The summed E-state index contributed by atoms with van der Waals surface area (Å²) in [6.07, 6.45) is -0.536. The number of nitrogens with one attached hydrogen (secondary N) is 1. The van der Waals surface area contributed by atoms with Crippen LogP contribution in [0.1, 0.15) is 25.0 Å². The van der Waals surface area contributed by atoms with Crippen molar-refractivity contribution >= 4 is 6.09 Å². The van der Waals surface area contributed by atoms with Gasteiger partial charge in [-0.15, -0.1) is 0 Å².